The minimum absolute atomic E-state index is 0.674. The Kier molecular flexibility index (Phi) is 2.44. The maximum absolute atomic E-state index is 6.03. The maximum Gasteiger partial charge on any atom is 0.171 e. The Morgan fingerprint density at radius 1 is 0.950 bits per heavy atom. The van der Waals surface area contributed by atoms with Crippen LogP contribution in [0.3, 0.4) is 0 Å². The van der Waals surface area contributed by atoms with Gasteiger partial charge < -0.3 is 0 Å². The van der Waals surface area contributed by atoms with Crippen LogP contribution in [0.15, 0.2) is 54.9 Å². The van der Waals surface area contributed by atoms with Crippen molar-refractivity contribution in [1.82, 2.24) is 19.6 Å². The van der Waals surface area contributed by atoms with Gasteiger partial charge in [-0.15, -0.1) is 10.2 Å². The SMILES string of the molecule is Clc1cccc(-c2nnc3c4ccccc4ncn23)c1. The Balaban J connectivity index is 2.05. The molecule has 0 aliphatic rings. The normalized spacial score (nSPS) is 11.2. The maximum atomic E-state index is 6.03. The molecule has 2 aromatic carbocycles. The largest absolute Gasteiger partial charge is 0.265 e. The van der Waals surface area contributed by atoms with Crippen molar-refractivity contribution in [2.75, 3.05) is 0 Å². The van der Waals surface area contributed by atoms with E-state index >= 15 is 0 Å². The third-order valence-corrected chi connectivity index (χ3v) is 3.47. The fourth-order valence-electron chi connectivity index (χ4n) is 2.30. The van der Waals surface area contributed by atoms with Gasteiger partial charge in [0.1, 0.15) is 6.33 Å². The lowest BCUT2D eigenvalue weighted by molar-refractivity contribution is 1.09. The molecule has 0 bridgehead atoms. The molecule has 0 amide bonds. The predicted octanol–water partition coefficient (Wildman–Crippen LogP) is 3.60. The van der Waals surface area contributed by atoms with E-state index in [1.165, 1.54) is 0 Å². The van der Waals surface area contributed by atoms with Crippen molar-refractivity contribution in [1.29, 1.82) is 0 Å². The molecular weight excluding hydrogens is 272 g/mol. The van der Waals surface area contributed by atoms with E-state index in [4.69, 9.17) is 11.6 Å². The molecule has 4 aromatic rings. The van der Waals surface area contributed by atoms with Crippen LogP contribution in [0.1, 0.15) is 0 Å². The van der Waals surface area contributed by atoms with Gasteiger partial charge in [0.05, 0.1) is 5.52 Å². The van der Waals surface area contributed by atoms with Crippen molar-refractivity contribution >= 4 is 28.2 Å². The average molecular weight is 281 g/mol. The fourth-order valence-corrected chi connectivity index (χ4v) is 2.49. The summed E-state index contributed by atoms with van der Waals surface area (Å²) in [6.07, 6.45) is 1.74. The second-order valence-corrected chi connectivity index (χ2v) is 4.93. The summed E-state index contributed by atoms with van der Waals surface area (Å²) in [6, 6.07) is 15.4. The van der Waals surface area contributed by atoms with Gasteiger partial charge in [0, 0.05) is 16.0 Å². The Morgan fingerprint density at radius 3 is 2.75 bits per heavy atom. The van der Waals surface area contributed by atoms with E-state index in [1.54, 1.807) is 6.33 Å². The van der Waals surface area contributed by atoms with E-state index in [9.17, 15) is 0 Å². The van der Waals surface area contributed by atoms with Crippen molar-refractivity contribution in [3.8, 4) is 11.4 Å². The van der Waals surface area contributed by atoms with Crippen molar-refractivity contribution in [2.45, 2.75) is 0 Å². The molecule has 0 saturated carbocycles. The second kappa shape index (κ2) is 4.28. The lowest BCUT2D eigenvalue weighted by Crippen LogP contribution is -1.92. The zero-order valence-corrected chi connectivity index (χ0v) is 11.1. The predicted molar refractivity (Wildman–Crippen MR) is 78.7 cm³/mol. The molecule has 2 heterocycles. The first-order chi connectivity index (χ1) is 9.83. The summed E-state index contributed by atoms with van der Waals surface area (Å²) in [7, 11) is 0. The molecule has 2 aromatic heterocycles. The highest BCUT2D eigenvalue weighted by atomic mass is 35.5. The number of benzene rings is 2. The van der Waals surface area contributed by atoms with E-state index < -0.39 is 0 Å². The summed E-state index contributed by atoms with van der Waals surface area (Å²) in [5.41, 5.74) is 2.62. The van der Waals surface area contributed by atoms with Crippen LogP contribution in [-0.2, 0) is 0 Å². The molecule has 0 aliphatic carbocycles. The number of rotatable bonds is 1. The topological polar surface area (TPSA) is 43.1 Å². The number of hydrogen-bond donors (Lipinski definition) is 0. The van der Waals surface area contributed by atoms with Crippen LogP contribution in [0, 0.1) is 0 Å². The van der Waals surface area contributed by atoms with Crippen molar-refractivity contribution in [3.05, 3.63) is 59.9 Å². The van der Waals surface area contributed by atoms with E-state index in [0.717, 1.165) is 27.9 Å². The summed E-state index contributed by atoms with van der Waals surface area (Å²) in [4.78, 5) is 4.44. The molecule has 0 radical (unpaired) electrons. The minimum atomic E-state index is 0.674. The van der Waals surface area contributed by atoms with E-state index in [2.05, 4.69) is 15.2 Å². The lowest BCUT2D eigenvalue weighted by Gasteiger charge is -2.02. The molecule has 5 heteroatoms. The zero-order valence-electron chi connectivity index (χ0n) is 10.4. The average Bonchev–Trinajstić information content (AvgIpc) is 2.91. The van der Waals surface area contributed by atoms with Crippen LogP contribution in [0.5, 0.6) is 0 Å². The van der Waals surface area contributed by atoms with Crippen LogP contribution in [-0.4, -0.2) is 19.6 Å². The molecule has 0 atom stereocenters. The van der Waals surface area contributed by atoms with Gasteiger partial charge in [0.15, 0.2) is 11.5 Å². The highest BCUT2D eigenvalue weighted by Gasteiger charge is 2.11. The van der Waals surface area contributed by atoms with Gasteiger partial charge in [-0.1, -0.05) is 35.9 Å². The number of aromatic nitrogens is 4. The first-order valence-electron chi connectivity index (χ1n) is 6.17. The Hall–Kier alpha value is -2.46. The molecule has 0 saturated heterocycles. The van der Waals surface area contributed by atoms with Crippen LogP contribution in [0.2, 0.25) is 5.02 Å². The lowest BCUT2D eigenvalue weighted by atomic mass is 10.2. The van der Waals surface area contributed by atoms with Gasteiger partial charge in [0.25, 0.3) is 0 Å². The third kappa shape index (κ3) is 1.66. The number of hydrogen-bond acceptors (Lipinski definition) is 3. The summed E-state index contributed by atoms with van der Waals surface area (Å²) >= 11 is 6.03. The molecule has 4 rings (SSSR count). The van der Waals surface area contributed by atoms with Gasteiger partial charge in [-0.05, 0) is 24.3 Å². The van der Waals surface area contributed by atoms with Crippen molar-refractivity contribution in [3.63, 3.8) is 0 Å². The Morgan fingerprint density at radius 2 is 1.85 bits per heavy atom. The van der Waals surface area contributed by atoms with E-state index in [-0.39, 0.29) is 0 Å². The summed E-state index contributed by atoms with van der Waals surface area (Å²) in [5, 5.41) is 10.2. The van der Waals surface area contributed by atoms with Gasteiger partial charge in [-0.25, -0.2) is 4.98 Å². The standard InChI is InChI=1S/C15H9ClN4/c16-11-5-3-4-10(8-11)14-18-19-15-12-6-1-2-7-13(12)17-9-20(14)15/h1-9H. The third-order valence-electron chi connectivity index (χ3n) is 3.24. The van der Waals surface area contributed by atoms with Crippen LogP contribution in [0.25, 0.3) is 27.9 Å². The first kappa shape index (κ1) is 11.4. The summed E-state index contributed by atoms with van der Waals surface area (Å²) in [6.45, 7) is 0. The van der Waals surface area contributed by atoms with E-state index in [1.807, 2.05) is 52.9 Å². The highest BCUT2D eigenvalue weighted by Crippen LogP contribution is 2.24. The Bertz CT molecular complexity index is 929. The smallest absolute Gasteiger partial charge is 0.171 e. The quantitative estimate of drug-likeness (QED) is 0.535. The summed E-state index contributed by atoms with van der Waals surface area (Å²) in [5.74, 6) is 0.737. The highest BCUT2D eigenvalue weighted by molar-refractivity contribution is 6.30. The number of nitrogens with zero attached hydrogens (tertiary/aromatic N) is 4. The van der Waals surface area contributed by atoms with Gasteiger partial charge in [-0.2, -0.15) is 0 Å². The van der Waals surface area contributed by atoms with Gasteiger partial charge in [0.2, 0.25) is 0 Å². The van der Waals surface area contributed by atoms with Crippen LogP contribution < -0.4 is 0 Å². The summed E-state index contributed by atoms with van der Waals surface area (Å²) < 4.78 is 1.88. The number of para-hydroxylation sites is 1. The van der Waals surface area contributed by atoms with Crippen LogP contribution in [0.4, 0.5) is 0 Å². The van der Waals surface area contributed by atoms with E-state index in [0.29, 0.717) is 5.02 Å². The molecule has 0 N–H and O–H groups in total. The van der Waals surface area contributed by atoms with Crippen LogP contribution >= 0.6 is 11.6 Å². The zero-order chi connectivity index (χ0) is 13.5. The first-order valence-corrected chi connectivity index (χ1v) is 6.55. The minimum Gasteiger partial charge on any atom is -0.265 e. The molecule has 20 heavy (non-hydrogen) atoms. The molecule has 0 unspecified atom stereocenters. The molecule has 96 valence electrons. The molecule has 0 aliphatic heterocycles. The molecule has 0 spiro atoms. The monoisotopic (exact) mass is 280 g/mol. The fraction of sp³-hybridized carbons (Fsp3) is 0. The molecule has 0 fully saturated rings. The molecule has 4 nitrogen and oxygen atoms in total. The molecular formula is C15H9ClN4. The second-order valence-electron chi connectivity index (χ2n) is 4.49. The van der Waals surface area contributed by atoms with Gasteiger partial charge in [-0.3, -0.25) is 4.40 Å². The van der Waals surface area contributed by atoms with Crippen molar-refractivity contribution < 1.29 is 0 Å². The Labute approximate surface area is 119 Å². The van der Waals surface area contributed by atoms with Crippen molar-refractivity contribution in [2.24, 2.45) is 0 Å². The number of halogens is 1. The number of fused-ring (bicyclic) bond motifs is 3. The van der Waals surface area contributed by atoms with Gasteiger partial charge >= 0.3 is 0 Å².